The zero-order chi connectivity index (χ0) is 21.5. The van der Waals surface area contributed by atoms with Gasteiger partial charge in [0, 0.05) is 35.9 Å². The van der Waals surface area contributed by atoms with Crippen LogP contribution >= 0.6 is 12.4 Å². The van der Waals surface area contributed by atoms with Gasteiger partial charge in [0.15, 0.2) is 5.82 Å². The summed E-state index contributed by atoms with van der Waals surface area (Å²) in [6.07, 6.45) is 5.44. The zero-order valence-electron chi connectivity index (χ0n) is 18.5. The summed E-state index contributed by atoms with van der Waals surface area (Å²) in [7, 11) is 2.07. The highest BCUT2D eigenvalue weighted by Gasteiger charge is 2.39. The molecule has 3 N–H and O–H groups in total. The fourth-order valence-corrected chi connectivity index (χ4v) is 4.59. The maximum atomic E-state index is 10.4. The van der Waals surface area contributed by atoms with E-state index in [1.165, 1.54) is 0 Å². The van der Waals surface area contributed by atoms with Crippen LogP contribution in [0.5, 0.6) is 5.88 Å². The third kappa shape index (κ3) is 4.97. The Morgan fingerprint density at radius 2 is 1.68 bits per heavy atom. The van der Waals surface area contributed by atoms with E-state index in [1.807, 2.05) is 18.2 Å². The summed E-state index contributed by atoms with van der Waals surface area (Å²) >= 11 is 0. The Bertz CT molecular complexity index is 1000. The van der Waals surface area contributed by atoms with Crippen molar-refractivity contribution < 1.29 is 5.11 Å². The van der Waals surface area contributed by atoms with Gasteiger partial charge in [-0.2, -0.15) is 5.10 Å². The molecule has 4 heterocycles. The molecule has 0 saturated carbocycles. The van der Waals surface area contributed by atoms with Crippen LogP contribution in [-0.2, 0) is 0 Å². The molecule has 0 amide bonds. The quantitative estimate of drug-likeness (QED) is 0.563. The van der Waals surface area contributed by atoms with E-state index >= 15 is 0 Å². The Labute approximate surface area is 188 Å². The molecule has 31 heavy (non-hydrogen) atoms. The minimum absolute atomic E-state index is 0. The molecule has 0 unspecified atom stereocenters. The number of aromatic hydroxyl groups is 1. The predicted octanol–water partition coefficient (Wildman–Crippen LogP) is 3.80. The van der Waals surface area contributed by atoms with Crippen LogP contribution in [0.3, 0.4) is 0 Å². The van der Waals surface area contributed by atoms with Gasteiger partial charge in [-0.3, -0.25) is 5.10 Å². The van der Waals surface area contributed by atoms with Gasteiger partial charge in [0.2, 0.25) is 5.88 Å². The smallest absolute Gasteiger partial charge is 0.221 e. The molecule has 0 aliphatic carbocycles. The first kappa shape index (κ1) is 23.0. The molecule has 0 aromatic carbocycles. The minimum Gasteiger partial charge on any atom is -0.493 e. The molecule has 1 aliphatic rings. The summed E-state index contributed by atoms with van der Waals surface area (Å²) in [6, 6.07) is 7.83. The molecular weight excluding hydrogens is 414 g/mol. The van der Waals surface area contributed by atoms with E-state index in [2.05, 4.69) is 70.3 Å². The first-order valence-corrected chi connectivity index (χ1v) is 10.2. The van der Waals surface area contributed by atoms with Crippen molar-refractivity contribution in [2.75, 3.05) is 11.9 Å². The maximum Gasteiger partial charge on any atom is 0.221 e. The Morgan fingerprint density at radius 1 is 1.00 bits per heavy atom. The standard InChI is InChI=1S/C22H29N7O.ClH/c1-21(2)10-15(11-22(3,4)28-21)29(5)19-9-8-18(26-27-19)16-6-7-17(25-20(16)30)14-12-23-24-13-14;/h6-9,12-13,15,28H,10-11H2,1-5H3,(H,23,24)(H,25,30);1H. The Hall–Kier alpha value is -2.71. The van der Waals surface area contributed by atoms with Crippen molar-refractivity contribution in [1.82, 2.24) is 30.7 Å². The molecule has 1 aliphatic heterocycles. The maximum absolute atomic E-state index is 10.4. The fourth-order valence-electron chi connectivity index (χ4n) is 4.59. The zero-order valence-corrected chi connectivity index (χ0v) is 19.4. The van der Waals surface area contributed by atoms with Crippen molar-refractivity contribution in [1.29, 1.82) is 0 Å². The molecule has 0 bridgehead atoms. The SMILES string of the molecule is CN(c1ccc(-c2ccc(-c3cn[nH]c3)nc2O)nn1)C1CC(C)(C)NC(C)(C)C1.Cl. The minimum atomic E-state index is -0.0778. The number of aromatic amines is 1. The largest absolute Gasteiger partial charge is 0.493 e. The lowest BCUT2D eigenvalue weighted by Gasteiger charge is -2.49. The van der Waals surface area contributed by atoms with Crippen molar-refractivity contribution in [3.05, 3.63) is 36.7 Å². The summed E-state index contributed by atoms with van der Waals surface area (Å²) in [6.45, 7) is 8.97. The van der Waals surface area contributed by atoms with Gasteiger partial charge in [0.1, 0.15) is 0 Å². The molecule has 1 saturated heterocycles. The number of pyridine rings is 1. The Kier molecular flexibility index (Phi) is 6.25. The van der Waals surface area contributed by atoms with Crippen LogP contribution in [0.4, 0.5) is 5.82 Å². The molecular formula is C22H30ClN7O. The first-order chi connectivity index (χ1) is 14.1. The first-order valence-electron chi connectivity index (χ1n) is 10.2. The number of H-pyrrole nitrogens is 1. The van der Waals surface area contributed by atoms with Gasteiger partial charge < -0.3 is 15.3 Å². The summed E-state index contributed by atoms with van der Waals surface area (Å²) < 4.78 is 0. The van der Waals surface area contributed by atoms with E-state index in [-0.39, 0.29) is 29.4 Å². The molecule has 166 valence electrons. The van der Waals surface area contributed by atoms with Crippen LogP contribution < -0.4 is 10.2 Å². The second-order valence-corrected chi connectivity index (χ2v) is 9.40. The lowest BCUT2D eigenvalue weighted by atomic mass is 9.79. The molecule has 0 radical (unpaired) electrons. The van der Waals surface area contributed by atoms with Crippen molar-refractivity contribution in [3.63, 3.8) is 0 Å². The molecule has 4 rings (SSSR count). The fraction of sp³-hybridized carbons (Fsp3) is 0.455. The monoisotopic (exact) mass is 443 g/mol. The number of nitrogens with zero attached hydrogens (tertiary/aromatic N) is 5. The van der Waals surface area contributed by atoms with Crippen LogP contribution in [0, 0.1) is 0 Å². The number of hydrogen-bond donors (Lipinski definition) is 3. The molecule has 0 spiro atoms. The van der Waals surface area contributed by atoms with Crippen LogP contribution in [0.25, 0.3) is 22.5 Å². The lowest BCUT2D eigenvalue weighted by molar-refractivity contribution is 0.160. The number of nitrogens with one attached hydrogen (secondary N) is 2. The topological polar surface area (TPSA) is 103 Å². The van der Waals surface area contributed by atoms with Gasteiger partial charge >= 0.3 is 0 Å². The molecule has 9 heteroatoms. The van der Waals surface area contributed by atoms with Crippen molar-refractivity contribution in [2.24, 2.45) is 0 Å². The summed E-state index contributed by atoms with van der Waals surface area (Å²) in [5.74, 6) is 0.741. The van der Waals surface area contributed by atoms with E-state index in [0.717, 1.165) is 24.2 Å². The third-order valence-electron chi connectivity index (χ3n) is 5.67. The molecule has 3 aromatic rings. The number of rotatable bonds is 4. The van der Waals surface area contributed by atoms with Crippen LogP contribution in [0.2, 0.25) is 0 Å². The van der Waals surface area contributed by atoms with Crippen molar-refractivity contribution >= 4 is 18.2 Å². The Balaban J connectivity index is 0.00000272. The average molecular weight is 444 g/mol. The van der Waals surface area contributed by atoms with Gasteiger partial charge in [-0.15, -0.1) is 22.6 Å². The number of aromatic nitrogens is 5. The van der Waals surface area contributed by atoms with Gasteiger partial charge in [-0.05, 0) is 64.8 Å². The lowest BCUT2D eigenvalue weighted by Crippen LogP contribution is -2.62. The van der Waals surface area contributed by atoms with Gasteiger partial charge in [-0.1, -0.05) is 0 Å². The summed E-state index contributed by atoms with van der Waals surface area (Å²) in [4.78, 5) is 6.47. The van der Waals surface area contributed by atoms with E-state index in [0.29, 0.717) is 23.0 Å². The summed E-state index contributed by atoms with van der Waals surface area (Å²) in [5, 5.41) is 29.6. The molecule has 3 aromatic heterocycles. The van der Waals surface area contributed by atoms with Gasteiger partial charge in [-0.25, -0.2) is 4.98 Å². The van der Waals surface area contributed by atoms with Crippen LogP contribution in [0.15, 0.2) is 36.7 Å². The second kappa shape index (κ2) is 8.43. The van der Waals surface area contributed by atoms with E-state index in [9.17, 15) is 5.11 Å². The number of piperidine rings is 1. The average Bonchev–Trinajstić information content (AvgIpc) is 3.20. The van der Waals surface area contributed by atoms with Crippen LogP contribution in [0.1, 0.15) is 40.5 Å². The second-order valence-electron chi connectivity index (χ2n) is 9.40. The highest BCUT2D eigenvalue weighted by atomic mass is 35.5. The van der Waals surface area contributed by atoms with Crippen molar-refractivity contribution in [3.8, 4) is 28.4 Å². The number of hydrogen-bond acceptors (Lipinski definition) is 7. The van der Waals surface area contributed by atoms with E-state index in [1.54, 1.807) is 18.5 Å². The normalized spacial score (nSPS) is 17.7. The number of halogens is 1. The van der Waals surface area contributed by atoms with E-state index < -0.39 is 0 Å². The molecule has 1 fully saturated rings. The predicted molar refractivity (Wildman–Crippen MR) is 124 cm³/mol. The van der Waals surface area contributed by atoms with Crippen LogP contribution in [-0.4, -0.2) is 54.7 Å². The third-order valence-corrected chi connectivity index (χ3v) is 5.67. The highest BCUT2D eigenvalue weighted by Crippen LogP contribution is 2.33. The summed E-state index contributed by atoms with van der Waals surface area (Å²) in [5.41, 5.74) is 2.71. The molecule has 0 atom stereocenters. The highest BCUT2D eigenvalue weighted by molar-refractivity contribution is 5.85. The van der Waals surface area contributed by atoms with E-state index in [4.69, 9.17) is 0 Å². The van der Waals surface area contributed by atoms with Gasteiger partial charge in [0.05, 0.1) is 23.1 Å². The Morgan fingerprint density at radius 3 is 2.23 bits per heavy atom. The van der Waals surface area contributed by atoms with Gasteiger partial charge in [0.25, 0.3) is 0 Å². The molecule has 8 nitrogen and oxygen atoms in total. The number of anilines is 1. The van der Waals surface area contributed by atoms with Crippen molar-refractivity contribution in [2.45, 2.75) is 57.7 Å².